The minimum atomic E-state index is 0.222. The second-order valence-electron chi connectivity index (χ2n) is 5.17. The topological polar surface area (TPSA) is 73.1 Å². The Bertz CT molecular complexity index is 556. The first-order valence-electron chi connectivity index (χ1n) is 7.13. The number of ether oxygens (including phenoxy) is 1. The minimum absolute atomic E-state index is 0.222. The van der Waals surface area contributed by atoms with Crippen LogP contribution >= 0.6 is 11.5 Å². The smallest absolute Gasteiger partial charge is 0.147 e. The second kappa shape index (κ2) is 7.38. The molecule has 0 aliphatic carbocycles. The molecule has 1 atom stereocenters. The van der Waals surface area contributed by atoms with Gasteiger partial charge in [-0.05, 0) is 30.4 Å². The van der Waals surface area contributed by atoms with Crippen LogP contribution in [0.3, 0.4) is 0 Å². The predicted octanol–water partition coefficient (Wildman–Crippen LogP) is 3.26. The Hall–Kier alpha value is -1.66. The first-order chi connectivity index (χ1) is 10.1. The van der Waals surface area contributed by atoms with Crippen LogP contribution in [-0.4, -0.2) is 28.6 Å². The Morgan fingerprint density at radius 1 is 1.43 bits per heavy atom. The molecule has 2 rings (SSSR count). The van der Waals surface area contributed by atoms with Crippen LogP contribution in [-0.2, 0) is 4.74 Å². The van der Waals surface area contributed by atoms with E-state index in [1.54, 1.807) is 12.4 Å². The number of aromatic nitrogens is 2. The zero-order valence-electron chi connectivity index (χ0n) is 12.7. The molecule has 0 bridgehead atoms. The number of pyridine rings is 1. The molecule has 2 aromatic heterocycles. The van der Waals surface area contributed by atoms with Crippen molar-refractivity contribution >= 4 is 22.4 Å². The van der Waals surface area contributed by atoms with Crippen molar-refractivity contribution in [2.24, 2.45) is 5.92 Å². The Balaban J connectivity index is 2.24. The SMILES string of the molecule is CCOCC(Nc1snc(N)c1-c1cccnc1)C(C)C. The van der Waals surface area contributed by atoms with Crippen LogP contribution in [0.25, 0.3) is 11.1 Å². The normalized spacial score (nSPS) is 12.6. The third-order valence-corrected chi connectivity index (χ3v) is 4.08. The monoisotopic (exact) mass is 306 g/mol. The third kappa shape index (κ3) is 3.92. The quantitative estimate of drug-likeness (QED) is 0.821. The van der Waals surface area contributed by atoms with Crippen molar-refractivity contribution in [1.82, 2.24) is 9.36 Å². The van der Waals surface area contributed by atoms with Gasteiger partial charge in [0.2, 0.25) is 0 Å². The summed E-state index contributed by atoms with van der Waals surface area (Å²) in [5.74, 6) is 0.982. The molecular formula is C15H22N4OS. The molecule has 2 aromatic rings. The van der Waals surface area contributed by atoms with Gasteiger partial charge in [-0.15, -0.1) is 0 Å². The maximum atomic E-state index is 6.03. The molecule has 0 spiro atoms. The van der Waals surface area contributed by atoms with Crippen molar-refractivity contribution in [2.45, 2.75) is 26.8 Å². The molecule has 0 aromatic carbocycles. The van der Waals surface area contributed by atoms with Gasteiger partial charge in [0, 0.05) is 24.6 Å². The molecule has 21 heavy (non-hydrogen) atoms. The van der Waals surface area contributed by atoms with Crippen molar-refractivity contribution in [3.63, 3.8) is 0 Å². The number of nitrogens with two attached hydrogens (primary N) is 1. The fourth-order valence-corrected chi connectivity index (χ4v) is 2.80. The first-order valence-corrected chi connectivity index (χ1v) is 7.90. The molecule has 114 valence electrons. The lowest BCUT2D eigenvalue weighted by atomic mass is 10.0. The van der Waals surface area contributed by atoms with Gasteiger partial charge in [-0.1, -0.05) is 19.9 Å². The van der Waals surface area contributed by atoms with E-state index in [1.165, 1.54) is 11.5 Å². The summed E-state index contributed by atoms with van der Waals surface area (Å²) in [7, 11) is 0. The van der Waals surface area contributed by atoms with E-state index in [0.717, 1.165) is 16.1 Å². The molecule has 3 N–H and O–H groups in total. The second-order valence-corrected chi connectivity index (χ2v) is 5.94. The van der Waals surface area contributed by atoms with Crippen LogP contribution in [0.1, 0.15) is 20.8 Å². The van der Waals surface area contributed by atoms with Gasteiger partial charge in [-0.25, -0.2) is 0 Å². The summed E-state index contributed by atoms with van der Waals surface area (Å²) < 4.78 is 9.83. The highest BCUT2D eigenvalue weighted by atomic mass is 32.1. The molecule has 2 heterocycles. The van der Waals surface area contributed by atoms with Crippen LogP contribution in [0.5, 0.6) is 0 Å². The number of anilines is 2. The molecule has 0 saturated carbocycles. The number of hydrogen-bond acceptors (Lipinski definition) is 6. The van der Waals surface area contributed by atoms with Gasteiger partial charge in [0.15, 0.2) is 0 Å². The lowest BCUT2D eigenvalue weighted by molar-refractivity contribution is 0.127. The van der Waals surface area contributed by atoms with Crippen molar-refractivity contribution < 1.29 is 4.74 Å². The van der Waals surface area contributed by atoms with Gasteiger partial charge in [-0.3, -0.25) is 4.98 Å². The van der Waals surface area contributed by atoms with Crippen molar-refractivity contribution in [2.75, 3.05) is 24.3 Å². The molecule has 0 aliphatic rings. The van der Waals surface area contributed by atoms with Crippen LogP contribution in [0.4, 0.5) is 10.8 Å². The van der Waals surface area contributed by atoms with Crippen molar-refractivity contribution in [3.8, 4) is 11.1 Å². The predicted molar refractivity (Wildman–Crippen MR) is 88.5 cm³/mol. The summed E-state index contributed by atoms with van der Waals surface area (Å²) in [6.07, 6.45) is 3.55. The Labute approximate surface area is 129 Å². The molecule has 0 amide bonds. The number of rotatable bonds is 7. The van der Waals surface area contributed by atoms with E-state index in [2.05, 4.69) is 28.5 Å². The molecule has 5 nitrogen and oxygen atoms in total. The van der Waals surface area contributed by atoms with Gasteiger partial charge in [0.05, 0.1) is 18.2 Å². The van der Waals surface area contributed by atoms with Crippen LogP contribution in [0, 0.1) is 5.92 Å². The average molecular weight is 306 g/mol. The first kappa shape index (κ1) is 15.7. The molecule has 1 unspecified atom stereocenters. The average Bonchev–Trinajstić information content (AvgIpc) is 2.84. The van der Waals surface area contributed by atoms with E-state index in [4.69, 9.17) is 10.5 Å². The highest BCUT2D eigenvalue weighted by Gasteiger charge is 2.19. The van der Waals surface area contributed by atoms with Gasteiger partial charge in [0.1, 0.15) is 10.8 Å². The molecule has 0 saturated heterocycles. The molecule has 6 heteroatoms. The lowest BCUT2D eigenvalue weighted by Gasteiger charge is -2.22. The molecular weight excluding hydrogens is 284 g/mol. The molecule has 0 fully saturated rings. The Morgan fingerprint density at radius 3 is 2.86 bits per heavy atom. The van der Waals surface area contributed by atoms with Gasteiger partial charge in [0.25, 0.3) is 0 Å². The number of nitrogens with one attached hydrogen (secondary N) is 1. The summed E-state index contributed by atoms with van der Waals surface area (Å²) in [6.45, 7) is 7.72. The summed E-state index contributed by atoms with van der Waals surface area (Å²) in [6, 6.07) is 4.11. The maximum absolute atomic E-state index is 6.03. The number of nitrogen functional groups attached to an aromatic ring is 1. The van der Waals surface area contributed by atoms with Gasteiger partial charge >= 0.3 is 0 Å². The van der Waals surface area contributed by atoms with E-state index in [0.29, 0.717) is 24.9 Å². The maximum Gasteiger partial charge on any atom is 0.147 e. The van der Waals surface area contributed by atoms with E-state index in [1.807, 2.05) is 19.1 Å². The number of nitrogens with zero attached hydrogens (tertiary/aromatic N) is 2. The summed E-state index contributed by atoms with van der Waals surface area (Å²) >= 11 is 1.38. The zero-order valence-corrected chi connectivity index (χ0v) is 13.5. The molecule has 0 aliphatic heterocycles. The lowest BCUT2D eigenvalue weighted by Crippen LogP contribution is -2.30. The van der Waals surface area contributed by atoms with Crippen LogP contribution in [0.15, 0.2) is 24.5 Å². The summed E-state index contributed by atoms with van der Waals surface area (Å²) in [5, 5.41) is 4.50. The van der Waals surface area contributed by atoms with Gasteiger partial charge in [-0.2, -0.15) is 4.37 Å². The minimum Gasteiger partial charge on any atom is -0.382 e. The molecule has 0 radical (unpaired) electrons. The van der Waals surface area contributed by atoms with E-state index in [-0.39, 0.29) is 6.04 Å². The summed E-state index contributed by atoms with van der Waals surface area (Å²) in [5.41, 5.74) is 7.93. The van der Waals surface area contributed by atoms with Crippen LogP contribution < -0.4 is 11.1 Å². The Kier molecular flexibility index (Phi) is 5.52. The fraction of sp³-hybridized carbons (Fsp3) is 0.467. The third-order valence-electron chi connectivity index (χ3n) is 3.29. The van der Waals surface area contributed by atoms with E-state index in [9.17, 15) is 0 Å². The largest absolute Gasteiger partial charge is 0.382 e. The fourth-order valence-electron chi connectivity index (χ4n) is 2.00. The van der Waals surface area contributed by atoms with E-state index < -0.39 is 0 Å². The zero-order chi connectivity index (χ0) is 15.2. The van der Waals surface area contributed by atoms with Crippen molar-refractivity contribution in [3.05, 3.63) is 24.5 Å². The van der Waals surface area contributed by atoms with Crippen LogP contribution in [0.2, 0.25) is 0 Å². The standard InChI is InChI=1S/C15H22N4OS/c1-4-20-9-12(10(2)3)18-15-13(14(16)19-21-15)11-6-5-7-17-8-11/h5-8,10,12,18H,4,9H2,1-3H3,(H2,16,19). The highest BCUT2D eigenvalue weighted by Crippen LogP contribution is 2.37. The summed E-state index contributed by atoms with van der Waals surface area (Å²) in [4.78, 5) is 4.16. The van der Waals surface area contributed by atoms with Gasteiger partial charge < -0.3 is 15.8 Å². The highest BCUT2D eigenvalue weighted by molar-refractivity contribution is 7.11. The van der Waals surface area contributed by atoms with E-state index >= 15 is 0 Å². The van der Waals surface area contributed by atoms with Crippen molar-refractivity contribution in [1.29, 1.82) is 0 Å². The number of hydrogen-bond donors (Lipinski definition) is 2. The Morgan fingerprint density at radius 2 is 2.24 bits per heavy atom.